The number of anilines is 2. The molecule has 0 aliphatic carbocycles. The zero-order valence-corrected chi connectivity index (χ0v) is 16.9. The Bertz CT molecular complexity index is 1020. The number of hydrogen-bond acceptors (Lipinski definition) is 6. The van der Waals surface area contributed by atoms with E-state index in [0.717, 1.165) is 0 Å². The van der Waals surface area contributed by atoms with Crippen molar-refractivity contribution in [3.05, 3.63) is 65.1 Å². The fourth-order valence-corrected chi connectivity index (χ4v) is 4.10. The molecule has 0 bridgehead atoms. The van der Waals surface area contributed by atoms with Crippen molar-refractivity contribution in [2.24, 2.45) is 0 Å². The van der Waals surface area contributed by atoms with Gasteiger partial charge in [0.1, 0.15) is 5.75 Å². The van der Waals surface area contributed by atoms with Crippen molar-refractivity contribution in [2.45, 2.75) is 11.3 Å². The average Bonchev–Trinajstić information content (AvgIpc) is 3.16. The number of benzene rings is 2. The van der Waals surface area contributed by atoms with Crippen LogP contribution in [0.1, 0.15) is 6.42 Å². The van der Waals surface area contributed by atoms with Crippen LogP contribution < -0.4 is 14.8 Å². The second-order valence-electron chi connectivity index (χ2n) is 5.57. The Balaban J connectivity index is 1.50. The average molecular weight is 438 g/mol. The van der Waals surface area contributed by atoms with Gasteiger partial charge in [0.05, 0.1) is 17.9 Å². The van der Waals surface area contributed by atoms with E-state index in [2.05, 4.69) is 15.0 Å². The van der Waals surface area contributed by atoms with Gasteiger partial charge < -0.3 is 10.1 Å². The molecule has 10 heteroatoms. The van der Waals surface area contributed by atoms with Crippen LogP contribution in [0.4, 0.5) is 10.8 Å². The van der Waals surface area contributed by atoms with E-state index in [-0.39, 0.29) is 29.0 Å². The van der Waals surface area contributed by atoms with E-state index in [1.54, 1.807) is 29.6 Å². The molecular formula is C18H16ClN3O4S2. The smallest absolute Gasteiger partial charge is 0.263 e. The van der Waals surface area contributed by atoms with Crippen LogP contribution in [0.2, 0.25) is 5.02 Å². The summed E-state index contributed by atoms with van der Waals surface area (Å²) in [5, 5.41) is 5.27. The van der Waals surface area contributed by atoms with E-state index in [9.17, 15) is 13.2 Å². The summed E-state index contributed by atoms with van der Waals surface area (Å²) in [6.45, 7) is 0.206. The SMILES string of the molecule is O=C(CCOc1ccc(Cl)cc1)Nc1ccc(S(=O)(=O)Nc2nccs2)cc1. The Morgan fingerprint density at radius 1 is 1.11 bits per heavy atom. The van der Waals surface area contributed by atoms with Gasteiger partial charge in [0.2, 0.25) is 5.91 Å². The van der Waals surface area contributed by atoms with Gasteiger partial charge in [-0.2, -0.15) is 0 Å². The van der Waals surface area contributed by atoms with Crippen LogP contribution in [0.25, 0.3) is 0 Å². The van der Waals surface area contributed by atoms with Gasteiger partial charge in [-0.25, -0.2) is 13.4 Å². The van der Waals surface area contributed by atoms with Gasteiger partial charge in [0.25, 0.3) is 10.0 Å². The summed E-state index contributed by atoms with van der Waals surface area (Å²) in [5.41, 5.74) is 0.490. The lowest BCUT2D eigenvalue weighted by Gasteiger charge is -2.09. The van der Waals surface area contributed by atoms with Gasteiger partial charge >= 0.3 is 0 Å². The third-order valence-corrected chi connectivity index (χ3v) is 5.94. The first-order valence-corrected chi connectivity index (χ1v) is 10.9. The predicted molar refractivity (Wildman–Crippen MR) is 110 cm³/mol. The topological polar surface area (TPSA) is 97.4 Å². The Labute approximate surface area is 171 Å². The summed E-state index contributed by atoms with van der Waals surface area (Å²) < 4.78 is 32.4. The Morgan fingerprint density at radius 3 is 2.46 bits per heavy atom. The molecule has 1 amide bonds. The number of nitrogens with one attached hydrogen (secondary N) is 2. The molecule has 3 rings (SSSR count). The van der Waals surface area contributed by atoms with Gasteiger partial charge in [0.15, 0.2) is 5.13 Å². The maximum Gasteiger partial charge on any atom is 0.263 e. The molecule has 146 valence electrons. The molecule has 0 saturated heterocycles. The Hall–Kier alpha value is -2.62. The third kappa shape index (κ3) is 5.69. The highest BCUT2D eigenvalue weighted by Gasteiger charge is 2.15. The quantitative estimate of drug-likeness (QED) is 0.555. The minimum absolute atomic E-state index is 0.0757. The molecular weight excluding hydrogens is 422 g/mol. The maximum atomic E-state index is 12.3. The molecule has 1 heterocycles. The van der Waals surface area contributed by atoms with E-state index in [1.165, 1.54) is 41.8 Å². The van der Waals surface area contributed by atoms with E-state index in [1.807, 2.05) is 0 Å². The minimum Gasteiger partial charge on any atom is -0.493 e. The van der Waals surface area contributed by atoms with Gasteiger partial charge in [-0.3, -0.25) is 9.52 Å². The first kappa shape index (κ1) is 20.1. The molecule has 0 unspecified atom stereocenters. The number of halogens is 1. The number of rotatable bonds is 8. The van der Waals surface area contributed by atoms with Crippen molar-refractivity contribution < 1.29 is 17.9 Å². The second-order valence-corrected chi connectivity index (χ2v) is 8.58. The molecule has 0 spiro atoms. The fourth-order valence-electron chi connectivity index (χ4n) is 2.18. The highest BCUT2D eigenvalue weighted by molar-refractivity contribution is 7.93. The lowest BCUT2D eigenvalue weighted by molar-refractivity contribution is -0.116. The largest absolute Gasteiger partial charge is 0.493 e. The lowest BCUT2D eigenvalue weighted by Crippen LogP contribution is -2.16. The van der Waals surface area contributed by atoms with E-state index in [4.69, 9.17) is 16.3 Å². The van der Waals surface area contributed by atoms with Crippen LogP contribution in [0.15, 0.2) is 65.0 Å². The van der Waals surface area contributed by atoms with Crippen molar-refractivity contribution in [1.82, 2.24) is 4.98 Å². The molecule has 2 aromatic carbocycles. The lowest BCUT2D eigenvalue weighted by atomic mass is 10.3. The normalized spacial score (nSPS) is 11.0. The summed E-state index contributed by atoms with van der Waals surface area (Å²) in [7, 11) is -3.72. The van der Waals surface area contributed by atoms with Crippen molar-refractivity contribution >= 4 is 49.7 Å². The van der Waals surface area contributed by atoms with Crippen molar-refractivity contribution in [3.8, 4) is 5.75 Å². The molecule has 0 saturated carbocycles. The molecule has 2 N–H and O–H groups in total. The monoisotopic (exact) mass is 437 g/mol. The Morgan fingerprint density at radius 2 is 1.82 bits per heavy atom. The first-order chi connectivity index (χ1) is 13.4. The van der Waals surface area contributed by atoms with Crippen LogP contribution >= 0.6 is 22.9 Å². The number of hydrogen-bond donors (Lipinski definition) is 2. The third-order valence-electron chi connectivity index (χ3n) is 3.51. The highest BCUT2D eigenvalue weighted by Crippen LogP contribution is 2.20. The van der Waals surface area contributed by atoms with Crippen LogP contribution in [0.3, 0.4) is 0 Å². The molecule has 3 aromatic rings. The number of ether oxygens (including phenoxy) is 1. The first-order valence-electron chi connectivity index (χ1n) is 8.13. The number of carbonyl (C=O) groups is 1. The van der Waals surface area contributed by atoms with Gasteiger partial charge in [-0.1, -0.05) is 11.6 Å². The predicted octanol–water partition coefficient (Wildman–Crippen LogP) is 4.00. The standard InChI is InChI=1S/C18H16ClN3O4S2/c19-13-1-5-15(6-2-13)26-11-9-17(23)21-14-3-7-16(8-4-14)28(24,25)22-18-20-10-12-27-18/h1-8,10,12H,9,11H2,(H,20,22)(H,21,23). The molecule has 0 atom stereocenters. The second kappa shape index (κ2) is 9.05. The van der Waals surface area contributed by atoms with Gasteiger partial charge in [-0.05, 0) is 48.5 Å². The Kier molecular flexibility index (Phi) is 6.50. The van der Waals surface area contributed by atoms with E-state index in [0.29, 0.717) is 16.5 Å². The highest BCUT2D eigenvalue weighted by atomic mass is 35.5. The molecule has 1 aromatic heterocycles. The zero-order chi connectivity index (χ0) is 20.0. The summed E-state index contributed by atoms with van der Waals surface area (Å²) in [6.07, 6.45) is 1.66. The molecule has 0 radical (unpaired) electrons. The number of aromatic nitrogens is 1. The minimum atomic E-state index is -3.72. The van der Waals surface area contributed by atoms with Gasteiger partial charge in [-0.15, -0.1) is 11.3 Å². The van der Waals surface area contributed by atoms with Gasteiger partial charge in [0, 0.05) is 22.3 Å². The summed E-state index contributed by atoms with van der Waals surface area (Å²) >= 11 is 6.98. The number of carbonyl (C=O) groups excluding carboxylic acids is 1. The summed E-state index contributed by atoms with van der Waals surface area (Å²) in [5.74, 6) is 0.380. The fraction of sp³-hybridized carbons (Fsp3) is 0.111. The molecule has 7 nitrogen and oxygen atoms in total. The number of nitrogens with zero attached hydrogens (tertiary/aromatic N) is 1. The zero-order valence-electron chi connectivity index (χ0n) is 14.5. The number of thiazole rings is 1. The van der Waals surface area contributed by atoms with Crippen LogP contribution in [0, 0.1) is 0 Å². The summed E-state index contributed by atoms with van der Waals surface area (Å²) in [4.78, 5) is 16.0. The van der Waals surface area contributed by atoms with Crippen LogP contribution in [-0.2, 0) is 14.8 Å². The molecule has 0 aliphatic rings. The van der Waals surface area contributed by atoms with E-state index >= 15 is 0 Å². The van der Waals surface area contributed by atoms with Crippen molar-refractivity contribution in [2.75, 3.05) is 16.6 Å². The van der Waals surface area contributed by atoms with Crippen LogP contribution in [0.5, 0.6) is 5.75 Å². The maximum absolute atomic E-state index is 12.3. The van der Waals surface area contributed by atoms with Crippen molar-refractivity contribution in [1.29, 1.82) is 0 Å². The van der Waals surface area contributed by atoms with Crippen molar-refractivity contribution in [3.63, 3.8) is 0 Å². The van der Waals surface area contributed by atoms with Crippen LogP contribution in [-0.4, -0.2) is 25.9 Å². The number of amides is 1. The summed E-state index contributed by atoms with van der Waals surface area (Å²) in [6, 6.07) is 12.7. The molecule has 0 fully saturated rings. The molecule has 0 aliphatic heterocycles. The van der Waals surface area contributed by atoms with E-state index < -0.39 is 10.0 Å². The molecule has 28 heavy (non-hydrogen) atoms. The number of sulfonamides is 1.